The molecule has 0 saturated heterocycles. The van der Waals surface area contributed by atoms with E-state index in [9.17, 15) is 13.2 Å². The summed E-state index contributed by atoms with van der Waals surface area (Å²) < 4.78 is 25.1. The highest BCUT2D eigenvalue weighted by Gasteiger charge is 2.32. The number of carbonyl (C=O) groups excluding carboxylic acids is 1. The Labute approximate surface area is 194 Å². The number of pyridine rings is 1. The number of nitrogen functional groups attached to an aromatic ring is 1. The first-order chi connectivity index (χ1) is 15.6. The first-order valence-electron chi connectivity index (χ1n) is 11.2. The minimum absolute atomic E-state index is 0.0625. The molecule has 2 aliphatic rings. The number of anilines is 1. The van der Waals surface area contributed by atoms with Gasteiger partial charge in [0, 0.05) is 34.8 Å². The fourth-order valence-corrected chi connectivity index (χ4v) is 6.07. The van der Waals surface area contributed by atoms with Crippen molar-refractivity contribution in [2.75, 3.05) is 18.0 Å². The van der Waals surface area contributed by atoms with Gasteiger partial charge < -0.3 is 11.1 Å². The molecule has 0 atom stereocenters. The molecule has 5 rings (SSSR count). The molecule has 1 aliphatic heterocycles. The van der Waals surface area contributed by atoms with Crippen molar-refractivity contribution in [3.63, 3.8) is 0 Å². The number of carbonyl (C=O) groups is 1. The molecule has 0 unspecified atom stereocenters. The summed E-state index contributed by atoms with van der Waals surface area (Å²) in [4.78, 5) is 17.0. The molecule has 33 heavy (non-hydrogen) atoms. The predicted molar refractivity (Wildman–Crippen MR) is 130 cm³/mol. The van der Waals surface area contributed by atoms with E-state index >= 15 is 0 Å². The summed E-state index contributed by atoms with van der Waals surface area (Å²) in [7, 11) is -3.25. The van der Waals surface area contributed by atoms with Crippen LogP contribution >= 0.6 is 0 Å². The second-order valence-electron chi connectivity index (χ2n) is 9.73. The van der Waals surface area contributed by atoms with Gasteiger partial charge in [0.2, 0.25) is 0 Å². The van der Waals surface area contributed by atoms with Gasteiger partial charge in [-0.25, -0.2) is 13.4 Å². The minimum Gasteiger partial charge on any atom is -0.383 e. The van der Waals surface area contributed by atoms with Gasteiger partial charge in [-0.1, -0.05) is 32.0 Å². The van der Waals surface area contributed by atoms with Crippen molar-refractivity contribution in [3.05, 3.63) is 65.9 Å². The van der Waals surface area contributed by atoms with E-state index in [0.29, 0.717) is 28.7 Å². The average Bonchev–Trinajstić information content (AvgIpc) is 3.60. The smallest absolute Gasteiger partial charge is 0.251 e. The third-order valence-electron chi connectivity index (χ3n) is 6.61. The Morgan fingerprint density at radius 1 is 1.00 bits per heavy atom. The lowest BCUT2D eigenvalue weighted by molar-refractivity contribution is 0.0930. The number of fused-ring (bicyclic) bond motifs is 1. The number of aromatic nitrogens is 1. The summed E-state index contributed by atoms with van der Waals surface area (Å²) in [5, 5.41) is 2.94. The number of nitrogens with zero attached hydrogens (tertiary/aromatic N) is 1. The summed E-state index contributed by atoms with van der Waals surface area (Å²) >= 11 is 0. The number of rotatable bonds is 5. The molecule has 170 valence electrons. The zero-order valence-electron chi connectivity index (χ0n) is 18.8. The molecule has 1 aromatic heterocycles. The quantitative estimate of drug-likeness (QED) is 0.593. The molecule has 2 heterocycles. The highest BCUT2D eigenvalue weighted by Crippen LogP contribution is 2.36. The first kappa shape index (κ1) is 21.6. The number of hydrogen-bond donors (Lipinski definition) is 2. The number of nitrogens with one attached hydrogen (secondary N) is 1. The van der Waals surface area contributed by atoms with Crippen LogP contribution in [0.3, 0.4) is 0 Å². The molecule has 2 aromatic carbocycles. The second kappa shape index (κ2) is 7.70. The maximum Gasteiger partial charge on any atom is 0.251 e. The predicted octanol–water partition coefficient (Wildman–Crippen LogP) is 4.20. The van der Waals surface area contributed by atoms with Crippen LogP contribution < -0.4 is 11.1 Å². The van der Waals surface area contributed by atoms with E-state index in [4.69, 9.17) is 5.73 Å². The van der Waals surface area contributed by atoms with Gasteiger partial charge in [-0.3, -0.25) is 4.79 Å². The molecule has 0 radical (unpaired) electrons. The van der Waals surface area contributed by atoms with E-state index < -0.39 is 9.84 Å². The Hall–Kier alpha value is -3.19. The van der Waals surface area contributed by atoms with Crippen LogP contribution in [0.25, 0.3) is 22.3 Å². The van der Waals surface area contributed by atoms with E-state index in [-0.39, 0.29) is 17.1 Å². The van der Waals surface area contributed by atoms with Crippen LogP contribution in [-0.2, 0) is 15.3 Å². The molecule has 0 spiro atoms. The number of hydrogen-bond acceptors (Lipinski definition) is 5. The molecule has 1 amide bonds. The van der Waals surface area contributed by atoms with Gasteiger partial charge in [0.15, 0.2) is 9.84 Å². The van der Waals surface area contributed by atoms with Gasteiger partial charge in [-0.2, -0.15) is 0 Å². The molecular weight excluding hydrogens is 434 g/mol. The molecule has 6 nitrogen and oxygen atoms in total. The molecular formula is C26H27N3O3S. The fraction of sp³-hybridized carbons (Fsp3) is 0.308. The number of nitrogens with two attached hydrogens (primary N) is 1. The number of sulfone groups is 1. The van der Waals surface area contributed by atoms with Gasteiger partial charge >= 0.3 is 0 Å². The zero-order chi connectivity index (χ0) is 23.4. The lowest BCUT2D eigenvalue weighted by atomic mass is 9.78. The normalized spacial score (nSPS) is 17.3. The Morgan fingerprint density at radius 2 is 1.70 bits per heavy atom. The second-order valence-corrected chi connectivity index (χ2v) is 11.8. The van der Waals surface area contributed by atoms with Crippen molar-refractivity contribution in [3.8, 4) is 22.3 Å². The molecule has 3 aromatic rings. The maximum atomic E-state index is 12.5. The largest absolute Gasteiger partial charge is 0.383 e. The lowest BCUT2D eigenvalue weighted by Crippen LogP contribution is -2.43. The van der Waals surface area contributed by atoms with E-state index in [2.05, 4.69) is 24.1 Å². The molecule has 7 heteroatoms. The summed E-state index contributed by atoms with van der Waals surface area (Å²) in [6.45, 7) is 4.78. The monoisotopic (exact) mass is 461 g/mol. The molecule has 3 N–H and O–H groups in total. The van der Waals surface area contributed by atoms with E-state index in [1.807, 2.05) is 36.4 Å². The van der Waals surface area contributed by atoms with Gasteiger partial charge in [-0.15, -0.1) is 0 Å². The third-order valence-corrected chi connectivity index (χ3v) is 8.51. The van der Waals surface area contributed by atoms with Crippen molar-refractivity contribution in [1.29, 1.82) is 0 Å². The zero-order valence-corrected chi connectivity index (χ0v) is 19.6. The Bertz CT molecular complexity index is 1360. The molecule has 1 saturated carbocycles. The summed E-state index contributed by atoms with van der Waals surface area (Å²) in [5.41, 5.74) is 11.1. The minimum atomic E-state index is -3.25. The number of benzene rings is 2. The lowest BCUT2D eigenvalue weighted by Gasteiger charge is -2.32. The van der Waals surface area contributed by atoms with Gasteiger partial charge in [0.25, 0.3) is 5.91 Å². The van der Waals surface area contributed by atoms with Crippen LogP contribution in [0, 0.1) is 5.92 Å². The Balaban J connectivity index is 1.50. The van der Waals surface area contributed by atoms with Gasteiger partial charge in [0.05, 0.1) is 10.6 Å². The van der Waals surface area contributed by atoms with Crippen LogP contribution in [0.2, 0.25) is 0 Å². The first-order valence-corrected chi connectivity index (χ1v) is 12.8. The Morgan fingerprint density at radius 3 is 2.39 bits per heavy atom. The SMILES string of the molecule is CC1(C)CNC(=O)c2ccc(-c3cc(-c4ccc(S(=O)(=O)CC5CC5)cc4)cnc3N)cc21. The topological polar surface area (TPSA) is 102 Å². The number of amides is 1. The highest BCUT2D eigenvalue weighted by molar-refractivity contribution is 7.91. The third kappa shape index (κ3) is 4.13. The van der Waals surface area contributed by atoms with Crippen molar-refractivity contribution < 1.29 is 13.2 Å². The van der Waals surface area contributed by atoms with E-state index in [1.54, 1.807) is 18.3 Å². The standard InChI is InChI=1S/C26H27N3O3S/c1-26(2)15-29-25(30)21-10-7-18(12-23(21)26)22-11-19(13-28-24(22)27)17-5-8-20(9-6-17)33(31,32)14-16-3-4-16/h5-13,16H,3-4,14-15H2,1-2H3,(H2,27,28)(H,29,30). The van der Waals surface area contributed by atoms with Crippen molar-refractivity contribution in [2.24, 2.45) is 5.92 Å². The van der Waals surface area contributed by atoms with Crippen molar-refractivity contribution >= 4 is 21.6 Å². The molecule has 0 bridgehead atoms. The fourth-order valence-electron chi connectivity index (χ4n) is 4.37. The molecule has 1 aliphatic carbocycles. The summed E-state index contributed by atoms with van der Waals surface area (Å²) in [6, 6.07) is 14.7. The van der Waals surface area contributed by atoms with Crippen LogP contribution in [0.4, 0.5) is 5.82 Å². The molecule has 1 fully saturated rings. The van der Waals surface area contributed by atoms with Crippen molar-refractivity contribution in [2.45, 2.75) is 37.0 Å². The van der Waals surface area contributed by atoms with Crippen LogP contribution in [0.15, 0.2) is 59.6 Å². The summed E-state index contributed by atoms with van der Waals surface area (Å²) in [6.07, 6.45) is 3.70. The Kier molecular flexibility index (Phi) is 5.05. The maximum absolute atomic E-state index is 12.5. The van der Waals surface area contributed by atoms with Crippen molar-refractivity contribution in [1.82, 2.24) is 10.3 Å². The van der Waals surface area contributed by atoms with E-state index in [1.165, 1.54) is 0 Å². The van der Waals surface area contributed by atoms with Gasteiger partial charge in [-0.05, 0) is 65.8 Å². The highest BCUT2D eigenvalue weighted by atomic mass is 32.2. The van der Waals surface area contributed by atoms with Crippen LogP contribution in [0.5, 0.6) is 0 Å². The van der Waals surface area contributed by atoms with Crippen LogP contribution in [0.1, 0.15) is 42.6 Å². The average molecular weight is 462 g/mol. The van der Waals surface area contributed by atoms with Crippen LogP contribution in [-0.4, -0.2) is 31.6 Å². The summed E-state index contributed by atoms with van der Waals surface area (Å²) in [5.74, 6) is 0.881. The van der Waals surface area contributed by atoms with E-state index in [0.717, 1.165) is 40.7 Å². The van der Waals surface area contributed by atoms with Gasteiger partial charge in [0.1, 0.15) is 5.82 Å².